The summed E-state index contributed by atoms with van der Waals surface area (Å²) in [5, 5.41) is 5.46. The summed E-state index contributed by atoms with van der Waals surface area (Å²) in [6, 6.07) is 18.7. The Morgan fingerprint density at radius 1 is 1.10 bits per heavy atom. The minimum atomic E-state index is -0.239. The molecule has 0 bridgehead atoms. The van der Waals surface area contributed by atoms with Gasteiger partial charge in [0.15, 0.2) is 5.16 Å². The molecule has 0 saturated carbocycles. The van der Waals surface area contributed by atoms with Crippen LogP contribution in [-0.4, -0.2) is 25.4 Å². The van der Waals surface area contributed by atoms with Crippen LogP contribution in [-0.2, 0) is 24.8 Å². The fourth-order valence-electron chi connectivity index (χ4n) is 4.66. The smallest absolute Gasteiger partial charge is 0.265 e. The third-order valence-electron chi connectivity index (χ3n) is 6.57. The van der Waals surface area contributed by atoms with E-state index in [-0.39, 0.29) is 11.0 Å². The second-order valence-corrected chi connectivity index (χ2v) is 9.24. The summed E-state index contributed by atoms with van der Waals surface area (Å²) in [5.74, 6) is 0.624. The van der Waals surface area contributed by atoms with E-state index in [2.05, 4.69) is 44.2 Å². The largest absolute Gasteiger partial charge is 0.268 e. The second-order valence-electron chi connectivity index (χ2n) is 8.47. The number of thioether (sulfide) groups is 1. The summed E-state index contributed by atoms with van der Waals surface area (Å²) < 4.78 is 3.61. The van der Waals surface area contributed by atoms with Gasteiger partial charge in [0.25, 0.3) is 5.56 Å². The molecule has 6 heteroatoms. The molecule has 0 unspecified atom stereocenters. The normalized spacial score (nSPS) is 17.5. The van der Waals surface area contributed by atoms with E-state index in [1.54, 1.807) is 4.40 Å². The van der Waals surface area contributed by atoms with Crippen LogP contribution in [0.2, 0.25) is 0 Å². The Kier molecular flexibility index (Phi) is 4.97. The maximum Gasteiger partial charge on any atom is 0.265 e. The Hall–Kier alpha value is -2.86. The van der Waals surface area contributed by atoms with Gasteiger partial charge in [0.05, 0.1) is 11.3 Å². The Morgan fingerprint density at radius 2 is 1.84 bits per heavy atom. The molecule has 0 radical (unpaired) electrons. The molecule has 2 aromatic carbocycles. The van der Waals surface area contributed by atoms with Crippen LogP contribution in [0.25, 0.3) is 17.0 Å². The molecule has 5 rings (SSSR count). The third kappa shape index (κ3) is 3.21. The van der Waals surface area contributed by atoms with E-state index in [9.17, 15) is 4.79 Å². The van der Waals surface area contributed by atoms with Gasteiger partial charge in [-0.1, -0.05) is 80.2 Å². The van der Waals surface area contributed by atoms with E-state index in [4.69, 9.17) is 10.1 Å². The lowest BCUT2D eigenvalue weighted by molar-refractivity contribution is 0.439. The zero-order chi connectivity index (χ0) is 21.6. The highest BCUT2D eigenvalue weighted by atomic mass is 32.2. The topological polar surface area (TPSA) is 52.2 Å². The number of rotatable bonds is 5. The predicted molar refractivity (Wildman–Crippen MR) is 126 cm³/mol. The first kappa shape index (κ1) is 20.1. The maximum absolute atomic E-state index is 13.9. The molecule has 1 aliphatic carbocycles. The first-order chi connectivity index (χ1) is 15.1. The number of aryl methyl sites for hydroxylation is 2. The van der Waals surface area contributed by atoms with E-state index in [1.165, 1.54) is 22.9 Å². The zero-order valence-electron chi connectivity index (χ0n) is 18.1. The Bertz CT molecular complexity index is 1320. The molecular weight excluding hydrogens is 404 g/mol. The SMILES string of the molecule is CC[C@]1(C)Cc2ccccc2-c2nc3n(CCc4ccccc4)nc(SC)n3c(=O)c21. The first-order valence-corrected chi connectivity index (χ1v) is 12.0. The van der Waals surface area contributed by atoms with Crippen LogP contribution in [0.4, 0.5) is 0 Å². The molecule has 0 N–H and O–H groups in total. The number of benzene rings is 2. The molecule has 0 aliphatic heterocycles. The van der Waals surface area contributed by atoms with Crippen LogP contribution in [0, 0.1) is 0 Å². The van der Waals surface area contributed by atoms with Crippen LogP contribution in [0.3, 0.4) is 0 Å². The molecule has 2 aromatic heterocycles. The fourth-order valence-corrected chi connectivity index (χ4v) is 5.19. The molecule has 0 saturated heterocycles. The van der Waals surface area contributed by atoms with Crippen molar-refractivity contribution in [2.45, 2.75) is 50.2 Å². The molecule has 31 heavy (non-hydrogen) atoms. The molecule has 2 heterocycles. The zero-order valence-corrected chi connectivity index (χ0v) is 18.9. The summed E-state index contributed by atoms with van der Waals surface area (Å²) in [4.78, 5) is 19.0. The van der Waals surface area contributed by atoms with Gasteiger partial charge in [0.2, 0.25) is 5.78 Å². The van der Waals surface area contributed by atoms with Crippen molar-refractivity contribution >= 4 is 17.5 Å². The summed E-state index contributed by atoms with van der Waals surface area (Å²) in [5.41, 5.74) is 5.01. The van der Waals surface area contributed by atoms with Crippen molar-refractivity contribution in [2.24, 2.45) is 0 Å². The molecule has 1 atom stereocenters. The predicted octanol–water partition coefficient (Wildman–Crippen LogP) is 4.75. The van der Waals surface area contributed by atoms with Gasteiger partial charge in [0, 0.05) is 17.5 Å². The molecule has 4 aromatic rings. The van der Waals surface area contributed by atoms with E-state index < -0.39 is 0 Å². The van der Waals surface area contributed by atoms with Gasteiger partial charge in [0.1, 0.15) is 0 Å². The van der Waals surface area contributed by atoms with E-state index >= 15 is 0 Å². The minimum absolute atomic E-state index is 0.0224. The number of fused-ring (bicyclic) bond motifs is 4. The number of hydrogen-bond acceptors (Lipinski definition) is 4. The molecule has 158 valence electrons. The molecule has 5 nitrogen and oxygen atoms in total. The number of hydrogen-bond donors (Lipinski definition) is 0. The minimum Gasteiger partial charge on any atom is -0.268 e. The Labute approximate surface area is 186 Å². The number of nitrogens with zero attached hydrogens (tertiary/aromatic N) is 4. The van der Waals surface area contributed by atoms with Gasteiger partial charge in [-0.2, -0.15) is 0 Å². The van der Waals surface area contributed by atoms with Crippen LogP contribution < -0.4 is 5.56 Å². The van der Waals surface area contributed by atoms with Crippen LogP contribution in [0.5, 0.6) is 0 Å². The maximum atomic E-state index is 13.9. The van der Waals surface area contributed by atoms with Crippen molar-refractivity contribution < 1.29 is 0 Å². The molecular formula is C25H26N4OS. The lowest BCUT2D eigenvalue weighted by Gasteiger charge is -2.35. The third-order valence-corrected chi connectivity index (χ3v) is 7.20. The lowest BCUT2D eigenvalue weighted by Crippen LogP contribution is -2.37. The average Bonchev–Trinajstić information content (AvgIpc) is 3.16. The summed E-state index contributed by atoms with van der Waals surface area (Å²) in [6.07, 6.45) is 4.53. The average molecular weight is 431 g/mol. The highest BCUT2D eigenvalue weighted by Gasteiger charge is 2.38. The summed E-state index contributed by atoms with van der Waals surface area (Å²) >= 11 is 1.49. The highest BCUT2D eigenvalue weighted by Crippen LogP contribution is 2.42. The molecule has 0 spiro atoms. The molecule has 1 aliphatic rings. The first-order valence-electron chi connectivity index (χ1n) is 10.8. The van der Waals surface area contributed by atoms with Crippen molar-refractivity contribution in [1.82, 2.24) is 19.2 Å². The van der Waals surface area contributed by atoms with Gasteiger partial charge in [-0.15, -0.1) is 5.10 Å². The van der Waals surface area contributed by atoms with Gasteiger partial charge in [-0.05, 0) is 36.6 Å². The Balaban J connectivity index is 1.73. The van der Waals surface area contributed by atoms with Crippen LogP contribution in [0.1, 0.15) is 37.0 Å². The molecule has 0 amide bonds. The van der Waals surface area contributed by atoms with Crippen molar-refractivity contribution in [3.05, 3.63) is 81.6 Å². The van der Waals surface area contributed by atoms with E-state index in [1.807, 2.05) is 35.2 Å². The van der Waals surface area contributed by atoms with Crippen molar-refractivity contribution in [1.29, 1.82) is 0 Å². The monoisotopic (exact) mass is 430 g/mol. The van der Waals surface area contributed by atoms with Crippen LogP contribution in [0.15, 0.2) is 64.5 Å². The summed E-state index contributed by atoms with van der Waals surface area (Å²) in [7, 11) is 0. The highest BCUT2D eigenvalue weighted by molar-refractivity contribution is 7.98. The van der Waals surface area contributed by atoms with E-state index in [0.29, 0.717) is 17.5 Å². The second kappa shape index (κ2) is 7.68. The van der Waals surface area contributed by atoms with Crippen molar-refractivity contribution in [3.63, 3.8) is 0 Å². The van der Waals surface area contributed by atoms with Gasteiger partial charge in [-0.25, -0.2) is 14.1 Å². The van der Waals surface area contributed by atoms with Gasteiger partial charge >= 0.3 is 0 Å². The fraction of sp³-hybridized carbons (Fsp3) is 0.320. The summed E-state index contributed by atoms with van der Waals surface area (Å²) in [6.45, 7) is 5.02. The Morgan fingerprint density at radius 3 is 2.58 bits per heavy atom. The van der Waals surface area contributed by atoms with Crippen LogP contribution >= 0.6 is 11.8 Å². The number of aromatic nitrogens is 4. The standard InChI is InChI=1S/C25H26N4OS/c1-4-25(2)16-18-12-8-9-13-19(18)21-20(25)22(30)29-23(26-21)28(27-24(29)31-3)15-14-17-10-6-5-7-11-17/h5-13H,4,14-16H2,1-3H3/t25-/m1/s1. The van der Waals surface area contributed by atoms with Crippen molar-refractivity contribution in [3.8, 4) is 11.3 Å². The quantitative estimate of drug-likeness (QED) is 0.429. The van der Waals surface area contributed by atoms with Crippen molar-refractivity contribution in [2.75, 3.05) is 6.26 Å². The van der Waals surface area contributed by atoms with Gasteiger partial charge in [-0.3, -0.25) is 4.79 Å². The lowest BCUT2D eigenvalue weighted by atomic mass is 9.69. The van der Waals surface area contributed by atoms with Gasteiger partial charge < -0.3 is 0 Å². The van der Waals surface area contributed by atoms with E-state index in [0.717, 1.165) is 36.1 Å². The molecule has 0 fully saturated rings.